The fourth-order valence-corrected chi connectivity index (χ4v) is 5.68. The molecule has 0 aliphatic carbocycles. The molecule has 4 aromatic rings. The SMILES string of the molecule is CC(Oc1ccccc1C#N)C(=O)N(C)O.CC(Oc1ccccc1C#N)C(=O)N(O)CCO.COc1ccc(C)cc1S(=O)ONc1ccc(OC(C)C(=O)N(C)O)c(C#N)c1. The number of aryl methyl sites for hydroxylation is 1. The summed E-state index contributed by atoms with van der Waals surface area (Å²) in [6.07, 6.45) is -2.78. The Labute approximate surface area is 366 Å². The smallest absolute Gasteiger partial charge is 0.286 e. The predicted octanol–water partition coefficient (Wildman–Crippen LogP) is 4.27. The molecule has 0 aliphatic heterocycles. The number of anilines is 1. The largest absolute Gasteiger partial charge is 0.495 e. The zero-order valence-electron chi connectivity index (χ0n) is 35.3. The maximum Gasteiger partial charge on any atom is 0.286 e. The molecule has 0 aromatic heterocycles. The summed E-state index contributed by atoms with van der Waals surface area (Å²) >= 11 is -1.87. The van der Waals surface area contributed by atoms with E-state index in [-0.39, 0.29) is 30.2 Å². The highest BCUT2D eigenvalue weighted by molar-refractivity contribution is 7.80. The van der Waals surface area contributed by atoms with Gasteiger partial charge in [-0.3, -0.25) is 35.5 Å². The Hall–Kier alpha value is -7.29. The Kier molecular flexibility index (Phi) is 21.5. The van der Waals surface area contributed by atoms with Crippen molar-refractivity contribution in [1.82, 2.24) is 15.2 Å². The summed E-state index contributed by atoms with van der Waals surface area (Å²) in [5.41, 5.74) is 4.56. The zero-order chi connectivity index (χ0) is 47.2. The summed E-state index contributed by atoms with van der Waals surface area (Å²) in [6, 6.07) is 28.5. The van der Waals surface area contributed by atoms with Crippen LogP contribution in [0.4, 0.5) is 5.69 Å². The van der Waals surface area contributed by atoms with Gasteiger partial charge in [0.25, 0.3) is 17.7 Å². The third kappa shape index (κ3) is 16.3. The van der Waals surface area contributed by atoms with Crippen LogP contribution in [-0.2, 0) is 29.7 Å². The summed E-state index contributed by atoms with van der Waals surface area (Å²) in [5.74, 6) is -0.746. The normalized spacial score (nSPS) is 11.9. The summed E-state index contributed by atoms with van der Waals surface area (Å²) in [4.78, 5) is 35.0. The van der Waals surface area contributed by atoms with Gasteiger partial charge in [-0.15, -0.1) is 0 Å². The van der Waals surface area contributed by atoms with Crippen molar-refractivity contribution in [2.75, 3.05) is 39.8 Å². The number of nitrogens with one attached hydrogen (secondary N) is 1. The van der Waals surface area contributed by atoms with Crippen molar-refractivity contribution in [3.8, 4) is 41.2 Å². The van der Waals surface area contributed by atoms with E-state index in [1.807, 2.05) is 31.2 Å². The molecule has 334 valence electrons. The quantitative estimate of drug-likeness (QED) is 0.0775. The van der Waals surface area contributed by atoms with Crippen LogP contribution in [0, 0.1) is 40.9 Å². The number of methoxy groups -OCH3 is 1. The number of hydrogen-bond acceptors (Lipinski definition) is 17. The van der Waals surface area contributed by atoms with Crippen LogP contribution >= 0.6 is 0 Å². The highest BCUT2D eigenvalue weighted by atomic mass is 32.2. The number of rotatable bonds is 16. The second-order valence-electron chi connectivity index (χ2n) is 12.8. The summed E-state index contributed by atoms with van der Waals surface area (Å²) in [6.45, 7) is 5.73. The predicted molar refractivity (Wildman–Crippen MR) is 222 cm³/mol. The van der Waals surface area contributed by atoms with Crippen LogP contribution in [0.2, 0.25) is 0 Å². The highest BCUT2D eigenvalue weighted by Gasteiger charge is 2.23. The molecule has 0 radical (unpaired) electrons. The third-order valence-corrected chi connectivity index (χ3v) is 8.92. The highest BCUT2D eigenvalue weighted by Crippen LogP contribution is 2.27. The molecule has 0 saturated heterocycles. The van der Waals surface area contributed by atoms with Crippen molar-refractivity contribution in [3.63, 3.8) is 0 Å². The zero-order valence-corrected chi connectivity index (χ0v) is 36.1. The lowest BCUT2D eigenvalue weighted by atomic mass is 10.2. The first-order valence-corrected chi connectivity index (χ1v) is 19.6. The van der Waals surface area contributed by atoms with Crippen molar-refractivity contribution in [3.05, 3.63) is 107 Å². The number of benzene rings is 4. The molecular formula is C42H47N7O13S. The molecule has 20 nitrogen and oxygen atoms in total. The lowest BCUT2D eigenvalue weighted by molar-refractivity contribution is -0.174. The Morgan fingerprint density at radius 1 is 0.683 bits per heavy atom. The Balaban J connectivity index is 0.000000346. The number of carbonyl (C=O) groups is 3. The Morgan fingerprint density at radius 3 is 1.57 bits per heavy atom. The van der Waals surface area contributed by atoms with Crippen LogP contribution in [-0.4, -0.2) is 111 Å². The molecule has 0 aliphatic rings. The van der Waals surface area contributed by atoms with Gasteiger partial charge in [-0.25, -0.2) is 19.4 Å². The van der Waals surface area contributed by atoms with E-state index in [4.69, 9.17) is 44.1 Å². The fourth-order valence-electron chi connectivity index (χ4n) is 4.82. The van der Waals surface area contributed by atoms with Crippen molar-refractivity contribution >= 4 is 34.5 Å². The van der Waals surface area contributed by atoms with Gasteiger partial charge in [0.2, 0.25) is 11.1 Å². The number of para-hydroxylation sites is 2. The molecule has 0 heterocycles. The van der Waals surface area contributed by atoms with E-state index in [2.05, 4.69) is 5.48 Å². The van der Waals surface area contributed by atoms with Gasteiger partial charge in [-0.2, -0.15) is 20.1 Å². The maximum absolute atomic E-state index is 12.4. The number of ether oxygens (including phenoxy) is 4. The lowest BCUT2D eigenvalue weighted by Crippen LogP contribution is -2.39. The average Bonchev–Trinajstić information content (AvgIpc) is 3.28. The topological polar surface area (TPSA) is 288 Å². The van der Waals surface area contributed by atoms with E-state index in [0.29, 0.717) is 48.4 Å². The van der Waals surface area contributed by atoms with Gasteiger partial charge in [0.15, 0.2) is 18.3 Å². The minimum atomic E-state index is -1.87. The van der Waals surface area contributed by atoms with Gasteiger partial charge in [-0.05, 0) is 87.9 Å². The number of amides is 3. The molecule has 0 bridgehead atoms. The molecule has 4 atom stereocenters. The van der Waals surface area contributed by atoms with Crippen molar-refractivity contribution in [2.24, 2.45) is 0 Å². The maximum atomic E-state index is 12.4. The summed E-state index contributed by atoms with van der Waals surface area (Å²) in [7, 11) is 3.87. The number of nitrogens with zero attached hydrogens (tertiary/aromatic N) is 6. The van der Waals surface area contributed by atoms with Crippen LogP contribution in [0.1, 0.15) is 43.0 Å². The number of carbonyl (C=O) groups excluding carboxylic acids is 3. The Bertz CT molecular complexity index is 2330. The second-order valence-corrected chi connectivity index (χ2v) is 13.9. The van der Waals surface area contributed by atoms with Gasteiger partial charge in [0, 0.05) is 14.1 Å². The van der Waals surface area contributed by atoms with Gasteiger partial charge in [0.05, 0.1) is 42.6 Å². The van der Waals surface area contributed by atoms with Crippen LogP contribution in [0.3, 0.4) is 0 Å². The number of aliphatic hydroxyl groups excluding tert-OH is 1. The molecule has 0 spiro atoms. The van der Waals surface area contributed by atoms with Gasteiger partial charge >= 0.3 is 0 Å². The van der Waals surface area contributed by atoms with E-state index in [0.717, 1.165) is 5.56 Å². The van der Waals surface area contributed by atoms with E-state index in [1.54, 1.807) is 60.7 Å². The monoisotopic (exact) mass is 889 g/mol. The molecule has 4 unspecified atom stereocenters. The van der Waals surface area contributed by atoms with Crippen molar-refractivity contribution in [1.29, 1.82) is 15.8 Å². The van der Waals surface area contributed by atoms with Crippen LogP contribution in [0.25, 0.3) is 0 Å². The molecule has 4 rings (SSSR count). The van der Waals surface area contributed by atoms with Crippen LogP contribution in [0.5, 0.6) is 23.0 Å². The van der Waals surface area contributed by atoms with Gasteiger partial charge in [-0.1, -0.05) is 30.3 Å². The van der Waals surface area contributed by atoms with Crippen molar-refractivity contribution in [2.45, 2.75) is 50.9 Å². The van der Waals surface area contributed by atoms with E-state index in [1.165, 1.54) is 60.2 Å². The van der Waals surface area contributed by atoms with Crippen molar-refractivity contribution < 1.29 is 62.6 Å². The number of likely N-dealkylation sites (N-methyl/N-ethyl adjacent to an activating group) is 2. The van der Waals surface area contributed by atoms with E-state index in [9.17, 15) is 34.3 Å². The second kappa shape index (κ2) is 26.1. The lowest BCUT2D eigenvalue weighted by Gasteiger charge is -2.19. The fraction of sp³-hybridized carbons (Fsp3) is 0.286. The third-order valence-electron chi connectivity index (χ3n) is 8.01. The Morgan fingerprint density at radius 2 is 1.13 bits per heavy atom. The minimum Gasteiger partial charge on any atom is -0.495 e. The molecule has 0 fully saturated rings. The number of aliphatic hydroxyl groups is 1. The first-order valence-electron chi connectivity index (χ1n) is 18.5. The summed E-state index contributed by atoms with van der Waals surface area (Å²) < 4.78 is 38.9. The summed E-state index contributed by atoms with van der Waals surface area (Å²) in [5, 5.41) is 64.2. The number of hydroxylamine groups is 6. The average molecular weight is 890 g/mol. The van der Waals surface area contributed by atoms with E-state index >= 15 is 0 Å². The van der Waals surface area contributed by atoms with Crippen LogP contribution < -0.4 is 24.4 Å². The first kappa shape index (κ1) is 51.8. The van der Waals surface area contributed by atoms with Gasteiger partial charge in [0.1, 0.15) is 46.1 Å². The molecular weight excluding hydrogens is 843 g/mol. The van der Waals surface area contributed by atoms with Gasteiger partial charge < -0.3 is 24.1 Å². The number of hydrogen-bond donors (Lipinski definition) is 5. The molecule has 63 heavy (non-hydrogen) atoms. The molecule has 21 heteroatoms. The molecule has 3 amide bonds. The standard InChI is InChI=1S/C19H21N3O6S.C12H14N2O4.C11H12N2O3/c1-12-5-7-17(26-4)18(9-12)29(25)28-21-15-6-8-16(14(10-15)11-20)27-13(2)19(23)22(3)24;1-9(12(16)14(17)6-7-15)18-11-5-3-2-4-10(11)8-13;1-8(11(14)13(2)15)16-10-6-4-3-5-9(10)7-12/h5-10,13,21,24H,1-4H3;2-5,9,15,17H,6-7H2,1H3;3-6,8,15H,1-2H3. The molecule has 4 aromatic carbocycles. The van der Waals surface area contributed by atoms with E-state index < -0.39 is 47.1 Å². The number of nitriles is 3. The molecule has 0 saturated carbocycles. The molecule has 5 N–H and O–H groups in total. The first-order chi connectivity index (χ1) is 29.9. The van der Waals surface area contributed by atoms with Crippen LogP contribution in [0.15, 0.2) is 89.8 Å². The minimum absolute atomic E-state index is 0.123.